The van der Waals surface area contributed by atoms with Crippen molar-refractivity contribution in [2.45, 2.75) is 32.7 Å². The smallest absolute Gasteiger partial charge is 0.403 e. The maximum Gasteiger partial charge on any atom is 0.403 e. The molecule has 7 heteroatoms. The van der Waals surface area contributed by atoms with Gasteiger partial charge in [0.25, 0.3) is 0 Å². The van der Waals surface area contributed by atoms with Crippen molar-refractivity contribution in [3.63, 3.8) is 0 Å². The monoisotopic (exact) mass is 269 g/mol. The van der Waals surface area contributed by atoms with Gasteiger partial charge in [-0.3, -0.25) is 4.79 Å². The number of halogens is 1. The van der Waals surface area contributed by atoms with E-state index in [1.165, 1.54) is 0 Å². The summed E-state index contributed by atoms with van der Waals surface area (Å²) in [5, 5.41) is 19.8. The van der Waals surface area contributed by atoms with Crippen LogP contribution in [0.5, 0.6) is 0 Å². The van der Waals surface area contributed by atoms with Gasteiger partial charge in [-0.05, 0) is 26.3 Å². The molecular weight excluding hydrogens is 250 g/mol. The first-order valence-corrected chi connectivity index (χ1v) is 5.76. The van der Waals surface area contributed by atoms with Crippen molar-refractivity contribution < 1.29 is 24.5 Å². The molecule has 0 aromatic carbocycles. The summed E-state index contributed by atoms with van der Waals surface area (Å²) in [7, 11) is 0. The Labute approximate surface area is 106 Å². The van der Waals surface area contributed by atoms with Crippen LogP contribution in [0, 0.1) is 0 Å². The Kier molecular flexibility index (Phi) is 14.4. The second-order valence-electron chi connectivity index (χ2n) is 3.03. The van der Waals surface area contributed by atoms with Gasteiger partial charge in [0.2, 0.25) is 0 Å². The van der Waals surface area contributed by atoms with E-state index in [9.17, 15) is 9.59 Å². The Balaban J connectivity index is 0. The molecule has 0 unspecified atom stereocenters. The Morgan fingerprint density at radius 3 is 2.24 bits per heavy atom. The van der Waals surface area contributed by atoms with E-state index in [1.54, 1.807) is 6.92 Å². The number of aliphatic carboxylic acids is 1. The normalized spacial score (nSPS) is 11.1. The highest BCUT2D eigenvalue weighted by Crippen LogP contribution is 1.90. The predicted molar refractivity (Wildman–Crippen MR) is 64.3 cm³/mol. The van der Waals surface area contributed by atoms with Crippen LogP contribution in [-0.4, -0.2) is 47.4 Å². The molecule has 0 fully saturated rings. The topological polar surface area (TPSA) is 95.9 Å². The first kappa shape index (κ1) is 18.5. The molecule has 0 amide bonds. The van der Waals surface area contributed by atoms with Crippen molar-refractivity contribution in [1.29, 1.82) is 0 Å². The van der Waals surface area contributed by atoms with Crippen molar-refractivity contribution in [2.75, 3.05) is 19.8 Å². The van der Waals surface area contributed by atoms with Gasteiger partial charge in [0.05, 0.1) is 6.61 Å². The van der Waals surface area contributed by atoms with E-state index in [0.717, 1.165) is 6.42 Å². The third kappa shape index (κ3) is 15.1. The number of ether oxygens (including phenoxy) is 1. The summed E-state index contributed by atoms with van der Waals surface area (Å²) in [6.45, 7) is 4.60. The average molecular weight is 270 g/mol. The molecule has 0 aliphatic rings. The molecule has 0 radical (unpaired) electrons. The Hall–Kier alpha value is -0.850. The van der Waals surface area contributed by atoms with Crippen molar-refractivity contribution >= 4 is 23.0 Å². The summed E-state index contributed by atoms with van der Waals surface area (Å²) in [6.07, 6.45) is 1.17. The van der Waals surface area contributed by atoms with Crippen molar-refractivity contribution in [2.24, 2.45) is 0 Å². The second-order valence-corrected chi connectivity index (χ2v) is 3.34. The zero-order chi connectivity index (χ0) is 13.7. The maximum atomic E-state index is 10.4. The molecule has 17 heavy (non-hydrogen) atoms. The molecule has 0 saturated carbocycles. The van der Waals surface area contributed by atoms with Crippen LogP contribution in [-0.2, 0) is 9.53 Å². The molecule has 0 aliphatic carbocycles. The summed E-state index contributed by atoms with van der Waals surface area (Å²) in [6, 6.07) is -0.597. The van der Waals surface area contributed by atoms with Crippen molar-refractivity contribution in [3.8, 4) is 0 Å². The average Bonchev–Trinajstić information content (AvgIpc) is 2.24. The van der Waals surface area contributed by atoms with Gasteiger partial charge in [-0.2, -0.15) is 0 Å². The van der Waals surface area contributed by atoms with E-state index in [2.05, 4.69) is 10.1 Å². The zero-order valence-corrected chi connectivity index (χ0v) is 10.9. The molecular formula is C10H20ClNO5. The van der Waals surface area contributed by atoms with Crippen LogP contribution in [0.3, 0.4) is 0 Å². The first-order chi connectivity index (χ1) is 7.99. The molecule has 0 rings (SSSR count). The lowest BCUT2D eigenvalue weighted by atomic mass is 10.2. The van der Waals surface area contributed by atoms with Gasteiger partial charge in [-0.25, -0.2) is 4.79 Å². The van der Waals surface area contributed by atoms with E-state index in [0.29, 0.717) is 13.2 Å². The number of aliphatic hydroxyl groups excluding tert-OH is 1. The van der Waals surface area contributed by atoms with E-state index < -0.39 is 17.4 Å². The van der Waals surface area contributed by atoms with Crippen LogP contribution in [0.2, 0.25) is 0 Å². The highest BCUT2D eigenvalue weighted by Gasteiger charge is 2.14. The summed E-state index contributed by atoms with van der Waals surface area (Å²) < 4.78 is 4.17. The quantitative estimate of drug-likeness (QED) is 0.601. The molecule has 6 nitrogen and oxygen atoms in total. The lowest BCUT2D eigenvalue weighted by Crippen LogP contribution is -2.37. The van der Waals surface area contributed by atoms with Crippen LogP contribution in [0.25, 0.3) is 0 Å². The van der Waals surface area contributed by atoms with Crippen LogP contribution in [0.1, 0.15) is 26.7 Å². The predicted octanol–water partition coefficient (Wildman–Crippen LogP) is 1.20. The third-order valence-electron chi connectivity index (χ3n) is 1.61. The number of carbonyl (C=O) groups excluding carboxylic acids is 1. The van der Waals surface area contributed by atoms with Crippen molar-refractivity contribution in [1.82, 2.24) is 5.32 Å². The van der Waals surface area contributed by atoms with E-state index in [4.69, 9.17) is 21.8 Å². The van der Waals surface area contributed by atoms with Crippen LogP contribution in [0.4, 0.5) is 4.79 Å². The Morgan fingerprint density at radius 1 is 1.41 bits per heavy atom. The van der Waals surface area contributed by atoms with Crippen LogP contribution < -0.4 is 5.32 Å². The van der Waals surface area contributed by atoms with E-state index in [1.807, 2.05) is 6.92 Å². The summed E-state index contributed by atoms with van der Waals surface area (Å²) >= 11 is 4.72. The third-order valence-corrected chi connectivity index (χ3v) is 1.72. The molecule has 0 spiro atoms. The zero-order valence-electron chi connectivity index (χ0n) is 10.1. The minimum absolute atomic E-state index is 0.0896. The summed E-state index contributed by atoms with van der Waals surface area (Å²) in [5.74, 6) is -0.896. The molecule has 0 aromatic heterocycles. The van der Waals surface area contributed by atoms with Gasteiger partial charge >= 0.3 is 11.4 Å². The standard InChI is InChI=1S/C7H15NO3.C3H5ClO2/c1-2-4-8-6(3-5-9)7(10)11;1-2-6-3(4)5/h6,8-9H,2-5H2,1H3,(H,10,11);2H2,1H3/t6-;/m0./s1. The molecule has 3 N–H and O–H groups in total. The van der Waals surface area contributed by atoms with E-state index in [-0.39, 0.29) is 13.0 Å². The molecule has 0 aliphatic heterocycles. The molecule has 0 saturated heterocycles. The molecule has 0 aromatic rings. The van der Waals surface area contributed by atoms with Gasteiger partial charge in [-0.15, -0.1) is 0 Å². The van der Waals surface area contributed by atoms with Gasteiger partial charge in [0.15, 0.2) is 0 Å². The molecule has 0 heterocycles. The minimum atomic E-state index is -0.896. The molecule has 1 atom stereocenters. The van der Waals surface area contributed by atoms with Gasteiger partial charge in [-0.1, -0.05) is 6.92 Å². The van der Waals surface area contributed by atoms with Gasteiger partial charge < -0.3 is 20.3 Å². The summed E-state index contributed by atoms with van der Waals surface area (Å²) in [5.41, 5.74) is -0.738. The number of carboxylic acid groups (broad SMARTS) is 1. The lowest BCUT2D eigenvalue weighted by molar-refractivity contribution is -0.139. The first-order valence-electron chi connectivity index (χ1n) is 5.38. The number of carboxylic acids is 1. The lowest BCUT2D eigenvalue weighted by Gasteiger charge is -2.11. The second kappa shape index (κ2) is 13.2. The fourth-order valence-electron chi connectivity index (χ4n) is 0.874. The number of carbonyl (C=O) groups is 2. The van der Waals surface area contributed by atoms with E-state index >= 15 is 0 Å². The Bertz CT molecular complexity index is 213. The minimum Gasteiger partial charge on any atom is -0.480 e. The summed E-state index contributed by atoms with van der Waals surface area (Å²) in [4.78, 5) is 20.0. The van der Waals surface area contributed by atoms with Crippen molar-refractivity contribution in [3.05, 3.63) is 0 Å². The fourth-order valence-corrected chi connectivity index (χ4v) is 0.983. The maximum absolute atomic E-state index is 10.4. The van der Waals surface area contributed by atoms with Crippen LogP contribution in [0.15, 0.2) is 0 Å². The molecule has 0 bridgehead atoms. The molecule has 102 valence electrons. The number of rotatable bonds is 7. The fraction of sp³-hybridized carbons (Fsp3) is 0.800. The highest BCUT2D eigenvalue weighted by atomic mass is 35.5. The van der Waals surface area contributed by atoms with Crippen LogP contribution >= 0.6 is 11.6 Å². The van der Waals surface area contributed by atoms with Gasteiger partial charge in [0, 0.05) is 18.2 Å². The highest BCUT2D eigenvalue weighted by molar-refractivity contribution is 6.61. The number of nitrogens with one attached hydrogen (secondary N) is 1. The SMILES string of the molecule is CCCN[C@@H](CCO)C(=O)O.CCOC(=O)Cl. The van der Waals surface area contributed by atoms with Gasteiger partial charge in [0.1, 0.15) is 6.04 Å². The Morgan fingerprint density at radius 2 is 2.00 bits per heavy atom. The number of aliphatic hydroxyl groups is 1. The largest absolute Gasteiger partial charge is 0.480 e. The number of hydrogen-bond acceptors (Lipinski definition) is 5. The number of hydrogen-bond donors (Lipinski definition) is 3.